The van der Waals surface area contributed by atoms with Crippen molar-refractivity contribution >= 4 is 34.9 Å². The number of anilines is 1. The van der Waals surface area contributed by atoms with Crippen LogP contribution in [0.2, 0.25) is 5.02 Å². The van der Waals surface area contributed by atoms with Gasteiger partial charge in [0.2, 0.25) is 11.8 Å². The number of hydrogen-bond acceptors (Lipinski definition) is 3. The quantitative estimate of drug-likeness (QED) is 0.831. The molecule has 0 fully saturated rings. The average molecular weight is 395 g/mol. The van der Waals surface area contributed by atoms with Gasteiger partial charge >= 0.3 is 0 Å². The van der Waals surface area contributed by atoms with Crippen LogP contribution in [0, 0.1) is 5.92 Å². The minimum absolute atomic E-state index is 0.00539. The molecule has 1 aliphatic carbocycles. The molecule has 1 heterocycles. The molecule has 6 heteroatoms. The minimum Gasteiger partial charge on any atom is -0.329 e. The molecule has 2 N–H and O–H groups in total. The van der Waals surface area contributed by atoms with E-state index in [-0.39, 0.29) is 29.9 Å². The fourth-order valence-corrected chi connectivity index (χ4v) is 4.03. The summed E-state index contributed by atoms with van der Waals surface area (Å²) in [6, 6.07) is 16.5. The summed E-state index contributed by atoms with van der Waals surface area (Å²) < 4.78 is 0. The fraction of sp³-hybridized carbons (Fsp3) is 0.227. The molecule has 2 aromatic rings. The first-order valence-corrected chi connectivity index (χ1v) is 9.56. The molecule has 5 nitrogen and oxygen atoms in total. The lowest BCUT2D eigenvalue weighted by Gasteiger charge is -2.33. The topological polar surface area (TPSA) is 75.3 Å². The predicted octanol–water partition coefficient (Wildman–Crippen LogP) is 3.82. The molecule has 2 atom stereocenters. The van der Waals surface area contributed by atoms with Crippen molar-refractivity contribution in [1.29, 1.82) is 0 Å². The van der Waals surface area contributed by atoms with E-state index in [9.17, 15) is 14.4 Å². The normalized spacial score (nSPS) is 21.8. The van der Waals surface area contributed by atoms with Crippen LogP contribution in [0.4, 0.5) is 5.69 Å². The van der Waals surface area contributed by atoms with E-state index < -0.39 is 5.92 Å². The second-order valence-electron chi connectivity index (χ2n) is 7.13. The summed E-state index contributed by atoms with van der Waals surface area (Å²) in [6.07, 6.45) is 0.852. The molecule has 0 spiro atoms. The number of hydrogen-bond donors (Lipinski definition) is 2. The molecular weight excluding hydrogens is 376 g/mol. The van der Waals surface area contributed by atoms with E-state index in [1.807, 2.05) is 30.3 Å². The third kappa shape index (κ3) is 3.71. The van der Waals surface area contributed by atoms with Gasteiger partial charge in [0.05, 0.1) is 5.92 Å². The fourth-order valence-electron chi connectivity index (χ4n) is 3.91. The van der Waals surface area contributed by atoms with Crippen LogP contribution in [0.1, 0.15) is 30.7 Å². The molecule has 0 bridgehead atoms. The average Bonchev–Trinajstić information content (AvgIpc) is 2.69. The van der Waals surface area contributed by atoms with E-state index in [4.69, 9.17) is 11.6 Å². The van der Waals surface area contributed by atoms with Crippen molar-refractivity contribution in [2.45, 2.75) is 25.2 Å². The van der Waals surface area contributed by atoms with Gasteiger partial charge in [0.25, 0.3) is 0 Å². The maximum absolute atomic E-state index is 12.9. The Hall–Kier alpha value is -2.92. The van der Waals surface area contributed by atoms with Gasteiger partial charge in [-0.05, 0) is 42.2 Å². The number of ketones is 1. The van der Waals surface area contributed by atoms with E-state index >= 15 is 0 Å². The molecule has 2 amide bonds. The van der Waals surface area contributed by atoms with E-state index in [1.165, 1.54) is 0 Å². The third-order valence-corrected chi connectivity index (χ3v) is 5.49. The molecule has 0 unspecified atom stereocenters. The monoisotopic (exact) mass is 394 g/mol. The zero-order valence-corrected chi connectivity index (χ0v) is 15.8. The molecule has 28 heavy (non-hydrogen) atoms. The largest absolute Gasteiger partial charge is 0.329 e. The molecular formula is C22H19ClN2O3. The van der Waals surface area contributed by atoms with E-state index in [0.29, 0.717) is 34.8 Å². The van der Waals surface area contributed by atoms with Crippen molar-refractivity contribution in [3.63, 3.8) is 0 Å². The highest BCUT2D eigenvalue weighted by atomic mass is 35.5. The number of rotatable bonds is 3. The van der Waals surface area contributed by atoms with Gasteiger partial charge in [0, 0.05) is 34.8 Å². The number of benzene rings is 2. The molecule has 4 rings (SSSR count). The second-order valence-corrected chi connectivity index (χ2v) is 7.57. The highest BCUT2D eigenvalue weighted by Gasteiger charge is 2.40. The van der Waals surface area contributed by atoms with Crippen LogP contribution in [0.25, 0.3) is 0 Å². The first-order valence-electron chi connectivity index (χ1n) is 9.18. The van der Waals surface area contributed by atoms with Gasteiger partial charge in [-0.3, -0.25) is 14.4 Å². The highest BCUT2D eigenvalue weighted by Crippen LogP contribution is 2.39. The van der Waals surface area contributed by atoms with Gasteiger partial charge in [-0.2, -0.15) is 0 Å². The Morgan fingerprint density at radius 3 is 2.39 bits per heavy atom. The van der Waals surface area contributed by atoms with Crippen LogP contribution in [-0.2, 0) is 14.4 Å². The Labute approximate surface area is 167 Å². The lowest BCUT2D eigenvalue weighted by atomic mass is 9.75. The molecule has 2 aromatic carbocycles. The van der Waals surface area contributed by atoms with Gasteiger partial charge in [0.15, 0.2) is 5.78 Å². The molecule has 142 valence electrons. The van der Waals surface area contributed by atoms with Crippen molar-refractivity contribution < 1.29 is 14.4 Å². The summed E-state index contributed by atoms with van der Waals surface area (Å²) >= 11 is 5.87. The second kappa shape index (κ2) is 7.60. The summed E-state index contributed by atoms with van der Waals surface area (Å²) in [5.41, 5.74) is 2.66. The number of amides is 2. The summed E-state index contributed by atoms with van der Waals surface area (Å²) in [5, 5.41) is 6.18. The Balaban J connectivity index is 1.60. The number of carbonyl (C=O) groups is 3. The summed E-state index contributed by atoms with van der Waals surface area (Å²) in [4.78, 5) is 38.0. The smallest absolute Gasteiger partial charge is 0.232 e. The lowest BCUT2D eigenvalue weighted by Crippen LogP contribution is -2.43. The van der Waals surface area contributed by atoms with Gasteiger partial charge in [-0.1, -0.05) is 41.9 Å². The van der Waals surface area contributed by atoms with E-state index in [0.717, 1.165) is 5.56 Å². The van der Waals surface area contributed by atoms with Crippen LogP contribution in [0.5, 0.6) is 0 Å². The number of halogens is 1. The number of nitrogens with one attached hydrogen (secondary N) is 2. The number of allylic oxidation sites excluding steroid dienone is 1. The lowest BCUT2D eigenvalue weighted by molar-refractivity contribution is -0.129. The molecule has 0 radical (unpaired) electrons. The highest BCUT2D eigenvalue weighted by molar-refractivity contribution is 6.30. The van der Waals surface area contributed by atoms with Crippen molar-refractivity contribution in [2.75, 3.05) is 5.32 Å². The Kier molecular flexibility index (Phi) is 5.01. The maximum atomic E-state index is 12.9. The van der Waals surface area contributed by atoms with Crippen LogP contribution in [0.3, 0.4) is 0 Å². The van der Waals surface area contributed by atoms with E-state index in [2.05, 4.69) is 10.6 Å². The van der Waals surface area contributed by atoms with Crippen LogP contribution < -0.4 is 10.6 Å². The van der Waals surface area contributed by atoms with Crippen molar-refractivity contribution in [1.82, 2.24) is 5.32 Å². The summed E-state index contributed by atoms with van der Waals surface area (Å²) in [7, 11) is 0. The van der Waals surface area contributed by atoms with Crippen molar-refractivity contribution in [3.05, 3.63) is 76.5 Å². The van der Waals surface area contributed by atoms with Gasteiger partial charge in [0.1, 0.15) is 0 Å². The van der Waals surface area contributed by atoms with Crippen molar-refractivity contribution in [3.8, 4) is 0 Å². The van der Waals surface area contributed by atoms with Gasteiger partial charge in [-0.15, -0.1) is 0 Å². The van der Waals surface area contributed by atoms with Crippen LogP contribution >= 0.6 is 11.6 Å². The Bertz CT molecular complexity index is 967. The summed E-state index contributed by atoms with van der Waals surface area (Å²) in [6.45, 7) is 0. The molecule has 0 saturated carbocycles. The van der Waals surface area contributed by atoms with Crippen LogP contribution in [0.15, 0.2) is 65.9 Å². The molecule has 0 saturated heterocycles. The first kappa shape index (κ1) is 18.4. The summed E-state index contributed by atoms with van der Waals surface area (Å²) in [5.74, 6) is -1.44. The Morgan fingerprint density at radius 2 is 1.68 bits per heavy atom. The molecule has 1 aliphatic heterocycles. The standard InChI is InChI=1S/C22H19ClN2O3/c23-15-6-8-16(9-7-15)24-22(28)17-12-20(27)25-18-10-14(11-19(26)21(17)18)13-4-2-1-3-5-13/h1-9,14,17H,10-12H2,(H,24,28)(H,25,27)/t14-,17-/m0/s1. The zero-order valence-electron chi connectivity index (χ0n) is 15.1. The molecule has 2 aliphatic rings. The van der Waals surface area contributed by atoms with E-state index in [1.54, 1.807) is 24.3 Å². The number of carbonyl (C=O) groups excluding carboxylic acids is 3. The van der Waals surface area contributed by atoms with Gasteiger partial charge in [-0.25, -0.2) is 0 Å². The van der Waals surface area contributed by atoms with Crippen molar-refractivity contribution in [2.24, 2.45) is 5.92 Å². The third-order valence-electron chi connectivity index (χ3n) is 5.24. The maximum Gasteiger partial charge on any atom is 0.232 e. The predicted molar refractivity (Wildman–Crippen MR) is 107 cm³/mol. The number of Topliss-reactive ketones (excluding diaryl/α,β-unsaturated/α-hetero) is 1. The first-order chi connectivity index (χ1) is 13.5. The zero-order chi connectivity index (χ0) is 19.7. The van der Waals surface area contributed by atoms with Gasteiger partial charge < -0.3 is 10.6 Å². The Morgan fingerprint density at radius 1 is 0.964 bits per heavy atom. The minimum atomic E-state index is -0.774. The van der Waals surface area contributed by atoms with Crippen LogP contribution in [-0.4, -0.2) is 17.6 Å². The molecule has 0 aromatic heterocycles. The SMILES string of the molecule is O=C1C[C@H](C(=O)Nc2ccc(Cl)cc2)C2=C(C[C@H](c3ccccc3)CC2=O)N1.